The summed E-state index contributed by atoms with van der Waals surface area (Å²) in [5.41, 5.74) is 5.65. The van der Waals surface area contributed by atoms with Crippen LogP contribution in [0.4, 0.5) is 0 Å². The van der Waals surface area contributed by atoms with Crippen LogP contribution in [0.1, 0.15) is 69.9 Å². The first-order valence-corrected chi connectivity index (χ1v) is 10.9. The summed E-state index contributed by atoms with van der Waals surface area (Å²) < 4.78 is 6.60. The monoisotopic (exact) mass is 381 g/mol. The Morgan fingerprint density at radius 2 is 1.96 bits per heavy atom. The average Bonchev–Trinajstić information content (AvgIpc) is 2.64. The molecule has 0 bridgehead atoms. The molecule has 150 valence electrons. The Balaban J connectivity index is 1.30. The molecule has 1 amide bonds. The highest BCUT2D eigenvalue weighted by Gasteiger charge is 2.41. The van der Waals surface area contributed by atoms with Crippen molar-refractivity contribution in [1.82, 2.24) is 10.3 Å². The summed E-state index contributed by atoms with van der Waals surface area (Å²) in [5, 5.41) is 4.32. The first-order valence-electron chi connectivity index (χ1n) is 10.9. The maximum Gasteiger partial charge on any atom is 0.246 e. The lowest BCUT2D eigenvalue weighted by Crippen LogP contribution is -2.53. The van der Waals surface area contributed by atoms with E-state index in [9.17, 15) is 4.79 Å². The molecule has 0 radical (unpaired) electrons. The minimum absolute atomic E-state index is 0.00673. The van der Waals surface area contributed by atoms with Gasteiger partial charge in [-0.2, -0.15) is 5.10 Å². The molecule has 1 saturated carbocycles. The topological polar surface area (TPSA) is 53.9 Å². The van der Waals surface area contributed by atoms with E-state index in [0.29, 0.717) is 6.42 Å². The van der Waals surface area contributed by atoms with Crippen LogP contribution in [0.25, 0.3) is 0 Å². The van der Waals surface area contributed by atoms with Crippen LogP contribution in [-0.4, -0.2) is 41.3 Å². The number of amides is 1. The van der Waals surface area contributed by atoms with Crippen LogP contribution in [0.2, 0.25) is 0 Å². The zero-order chi connectivity index (χ0) is 19.4. The van der Waals surface area contributed by atoms with Crippen molar-refractivity contribution in [3.8, 4) is 5.75 Å². The Morgan fingerprint density at radius 3 is 2.64 bits per heavy atom. The third kappa shape index (κ3) is 3.14. The van der Waals surface area contributed by atoms with Crippen molar-refractivity contribution in [2.24, 2.45) is 10.5 Å². The number of nitrogens with one attached hydrogen (secondary N) is 1. The molecule has 0 aromatic heterocycles. The van der Waals surface area contributed by atoms with E-state index in [1.165, 1.54) is 37.9 Å². The molecule has 4 aliphatic rings. The molecule has 3 heterocycles. The van der Waals surface area contributed by atoms with E-state index >= 15 is 0 Å². The SMILES string of the molecule is CC1(C)CC(c2ccc3c(c2)CCC2(CCN(C4CCC4)CC2)O3)=NNC1=O. The van der Waals surface area contributed by atoms with Gasteiger partial charge in [0.25, 0.3) is 0 Å². The van der Waals surface area contributed by atoms with Gasteiger partial charge in [0, 0.05) is 25.6 Å². The predicted molar refractivity (Wildman–Crippen MR) is 110 cm³/mol. The molecule has 1 aliphatic carbocycles. The lowest BCUT2D eigenvalue weighted by atomic mass is 9.80. The van der Waals surface area contributed by atoms with Crippen molar-refractivity contribution >= 4 is 11.6 Å². The van der Waals surface area contributed by atoms with Crippen molar-refractivity contribution in [1.29, 1.82) is 0 Å². The maximum absolute atomic E-state index is 11.9. The zero-order valence-corrected chi connectivity index (χ0v) is 17.1. The molecule has 28 heavy (non-hydrogen) atoms. The van der Waals surface area contributed by atoms with Gasteiger partial charge in [0.15, 0.2) is 0 Å². The number of piperidine rings is 1. The number of hydrazone groups is 1. The highest BCUT2D eigenvalue weighted by Crippen LogP contribution is 2.41. The van der Waals surface area contributed by atoms with Crippen LogP contribution >= 0.6 is 0 Å². The van der Waals surface area contributed by atoms with Gasteiger partial charge in [-0.05, 0) is 67.9 Å². The molecular weight excluding hydrogens is 350 g/mol. The number of fused-ring (bicyclic) bond motifs is 1. The fraction of sp³-hybridized carbons (Fsp3) is 0.652. The van der Waals surface area contributed by atoms with Crippen LogP contribution in [0.15, 0.2) is 23.3 Å². The van der Waals surface area contributed by atoms with E-state index in [0.717, 1.165) is 48.7 Å². The average molecular weight is 382 g/mol. The van der Waals surface area contributed by atoms with Crippen molar-refractivity contribution in [2.45, 2.75) is 76.9 Å². The fourth-order valence-corrected chi connectivity index (χ4v) is 5.08. The summed E-state index contributed by atoms with van der Waals surface area (Å²) in [6, 6.07) is 7.29. The second-order valence-corrected chi connectivity index (χ2v) is 9.79. The minimum atomic E-state index is -0.415. The molecule has 3 aliphatic heterocycles. The first-order chi connectivity index (χ1) is 13.4. The maximum atomic E-state index is 11.9. The largest absolute Gasteiger partial charge is 0.487 e. The molecule has 5 nitrogen and oxygen atoms in total. The minimum Gasteiger partial charge on any atom is -0.487 e. The van der Waals surface area contributed by atoms with Crippen molar-refractivity contribution < 1.29 is 9.53 Å². The van der Waals surface area contributed by atoms with Gasteiger partial charge in [0.2, 0.25) is 5.91 Å². The molecule has 5 heteroatoms. The van der Waals surface area contributed by atoms with E-state index < -0.39 is 5.41 Å². The number of likely N-dealkylation sites (tertiary alicyclic amines) is 1. The van der Waals surface area contributed by atoms with E-state index in [1.54, 1.807) is 0 Å². The standard InChI is InChI=1S/C23H31N3O2/c1-22(2)15-19(24-25-21(22)27)16-6-7-20-17(14-16)8-9-23(28-20)10-12-26(13-11-23)18-4-3-5-18/h6-7,14,18H,3-5,8-13,15H2,1-2H3,(H,25,27). The molecule has 2 fully saturated rings. The van der Waals surface area contributed by atoms with Gasteiger partial charge < -0.3 is 9.64 Å². The highest BCUT2D eigenvalue weighted by molar-refractivity contribution is 6.06. The highest BCUT2D eigenvalue weighted by atomic mass is 16.5. The van der Waals surface area contributed by atoms with E-state index in [1.807, 2.05) is 13.8 Å². The van der Waals surface area contributed by atoms with Gasteiger partial charge in [-0.3, -0.25) is 4.79 Å². The van der Waals surface area contributed by atoms with Gasteiger partial charge in [0.1, 0.15) is 11.4 Å². The Hall–Kier alpha value is -1.88. The van der Waals surface area contributed by atoms with Crippen molar-refractivity contribution in [2.75, 3.05) is 13.1 Å². The summed E-state index contributed by atoms with van der Waals surface area (Å²) in [4.78, 5) is 14.6. The van der Waals surface area contributed by atoms with Crippen molar-refractivity contribution in [3.05, 3.63) is 29.3 Å². The fourth-order valence-electron chi connectivity index (χ4n) is 5.08. The first kappa shape index (κ1) is 18.2. The molecule has 1 saturated heterocycles. The predicted octanol–water partition coefficient (Wildman–Crippen LogP) is 3.65. The quantitative estimate of drug-likeness (QED) is 0.851. The van der Waals surface area contributed by atoms with Gasteiger partial charge >= 0.3 is 0 Å². The summed E-state index contributed by atoms with van der Waals surface area (Å²) in [7, 11) is 0. The summed E-state index contributed by atoms with van der Waals surface area (Å²) in [5.74, 6) is 1.04. The van der Waals surface area contributed by atoms with E-state index in [2.05, 4.69) is 33.6 Å². The normalized spacial score (nSPS) is 26.6. The van der Waals surface area contributed by atoms with Crippen LogP contribution in [0.5, 0.6) is 5.75 Å². The number of ether oxygens (including phenoxy) is 1. The molecule has 0 unspecified atom stereocenters. The molecule has 5 rings (SSSR count). The third-order valence-electron chi connectivity index (χ3n) is 7.39. The Bertz CT molecular complexity index is 817. The summed E-state index contributed by atoms with van der Waals surface area (Å²) in [6.07, 6.45) is 9.33. The van der Waals surface area contributed by atoms with Crippen LogP contribution in [0, 0.1) is 5.41 Å². The summed E-state index contributed by atoms with van der Waals surface area (Å²) in [6.45, 7) is 6.31. The Kier molecular flexibility index (Phi) is 4.27. The van der Waals surface area contributed by atoms with Gasteiger partial charge in [0.05, 0.1) is 11.1 Å². The molecular formula is C23H31N3O2. The smallest absolute Gasteiger partial charge is 0.246 e. The number of carbonyl (C=O) groups excluding carboxylic acids is 1. The Labute approximate surface area is 167 Å². The van der Waals surface area contributed by atoms with Crippen LogP contribution in [-0.2, 0) is 11.2 Å². The second-order valence-electron chi connectivity index (χ2n) is 9.79. The summed E-state index contributed by atoms with van der Waals surface area (Å²) >= 11 is 0. The number of hydrogen-bond acceptors (Lipinski definition) is 4. The number of hydrogen-bond donors (Lipinski definition) is 1. The number of rotatable bonds is 2. The Morgan fingerprint density at radius 1 is 1.18 bits per heavy atom. The molecule has 1 spiro atoms. The lowest BCUT2D eigenvalue weighted by molar-refractivity contribution is -0.129. The van der Waals surface area contributed by atoms with Crippen LogP contribution < -0.4 is 10.2 Å². The third-order valence-corrected chi connectivity index (χ3v) is 7.39. The van der Waals surface area contributed by atoms with Gasteiger partial charge in [-0.1, -0.05) is 20.3 Å². The molecule has 0 atom stereocenters. The second kappa shape index (κ2) is 6.58. The van der Waals surface area contributed by atoms with E-state index in [4.69, 9.17) is 4.74 Å². The zero-order valence-electron chi connectivity index (χ0n) is 17.1. The van der Waals surface area contributed by atoms with Crippen LogP contribution in [0.3, 0.4) is 0 Å². The van der Waals surface area contributed by atoms with E-state index in [-0.39, 0.29) is 11.5 Å². The number of carbonyl (C=O) groups is 1. The lowest BCUT2D eigenvalue weighted by Gasteiger charge is -2.48. The van der Waals surface area contributed by atoms with Gasteiger partial charge in [-0.15, -0.1) is 0 Å². The number of nitrogens with zero attached hydrogens (tertiary/aromatic N) is 2. The van der Waals surface area contributed by atoms with Gasteiger partial charge in [-0.25, -0.2) is 5.43 Å². The molecule has 1 aromatic carbocycles. The van der Waals surface area contributed by atoms with Crippen molar-refractivity contribution in [3.63, 3.8) is 0 Å². The number of aryl methyl sites for hydroxylation is 1. The number of benzene rings is 1. The molecule has 1 aromatic rings. The molecule has 1 N–H and O–H groups in total.